The molecule has 0 bridgehead atoms. The summed E-state index contributed by atoms with van der Waals surface area (Å²) in [6, 6.07) is 4.19. The zero-order valence-electron chi connectivity index (χ0n) is 15.2. The van der Waals surface area contributed by atoms with E-state index in [2.05, 4.69) is 79.6 Å². The number of hydrogen-bond acceptors (Lipinski definition) is 6. The van der Waals surface area contributed by atoms with Crippen LogP contribution in [0.5, 0.6) is 34.5 Å². The molecule has 0 aliphatic rings. The Bertz CT molecular complexity index is 1210. The number of hydrogen-bond donors (Lipinski definition) is 6. The summed E-state index contributed by atoms with van der Waals surface area (Å²) in [5, 5.41) is 60.2. The van der Waals surface area contributed by atoms with E-state index in [4.69, 9.17) is 0 Å². The van der Waals surface area contributed by atoms with Gasteiger partial charge >= 0.3 is 0 Å². The van der Waals surface area contributed by atoms with Crippen LogP contribution in [0.1, 0.15) is 22.3 Å². The Morgan fingerprint density at radius 3 is 1.26 bits per heavy atom. The standard InChI is InChI=1S/C20H13Br5O6/c21-13-7(4-11(27)19(30)16(13)24)1-6-3-10(26)18(29)15(23)9(6)2-8-5-12(28)20(31)17(25)14(8)22/h3-5,26-31H,1-2H2. The fraction of sp³-hybridized carbons (Fsp3) is 0.100. The van der Waals surface area contributed by atoms with Gasteiger partial charge in [0.2, 0.25) is 0 Å². The van der Waals surface area contributed by atoms with Gasteiger partial charge in [-0.2, -0.15) is 0 Å². The van der Waals surface area contributed by atoms with Crippen LogP contribution in [-0.4, -0.2) is 30.6 Å². The first-order valence-electron chi connectivity index (χ1n) is 8.43. The van der Waals surface area contributed by atoms with Crippen LogP contribution in [0, 0.1) is 0 Å². The highest BCUT2D eigenvalue weighted by Gasteiger charge is 2.22. The maximum atomic E-state index is 10.3. The van der Waals surface area contributed by atoms with Crippen molar-refractivity contribution in [3.63, 3.8) is 0 Å². The van der Waals surface area contributed by atoms with Crippen LogP contribution in [0.15, 0.2) is 40.6 Å². The molecule has 0 amide bonds. The minimum absolute atomic E-state index is 0.208. The molecule has 0 unspecified atom stereocenters. The van der Waals surface area contributed by atoms with Gasteiger partial charge in [-0.15, -0.1) is 0 Å². The topological polar surface area (TPSA) is 121 Å². The first-order valence-corrected chi connectivity index (χ1v) is 12.4. The lowest BCUT2D eigenvalue weighted by atomic mass is 9.94. The molecule has 3 aromatic carbocycles. The largest absolute Gasteiger partial charge is 0.504 e. The number of benzene rings is 3. The molecule has 0 heterocycles. The van der Waals surface area contributed by atoms with Gasteiger partial charge in [0.05, 0.1) is 13.4 Å². The molecular weight excluding hydrogens is 736 g/mol. The number of phenols is 6. The first kappa shape index (κ1) is 24.5. The molecule has 6 N–H and O–H groups in total. The summed E-state index contributed by atoms with van der Waals surface area (Å²) in [4.78, 5) is 0. The van der Waals surface area contributed by atoms with E-state index in [1.165, 1.54) is 18.2 Å². The van der Waals surface area contributed by atoms with Crippen molar-refractivity contribution in [2.24, 2.45) is 0 Å². The first-order chi connectivity index (χ1) is 14.4. The third kappa shape index (κ3) is 4.66. The van der Waals surface area contributed by atoms with E-state index >= 15 is 0 Å². The summed E-state index contributed by atoms with van der Waals surface area (Å²) in [5.74, 6) is -1.93. The van der Waals surface area contributed by atoms with Crippen LogP contribution in [0.2, 0.25) is 0 Å². The van der Waals surface area contributed by atoms with Gasteiger partial charge in [-0.1, -0.05) is 0 Å². The quantitative estimate of drug-likeness (QED) is 0.161. The summed E-state index contributed by atoms with van der Waals surface area (Å²) < 4.78 is 1.85. The molecular formula is C20H13Br5O6. The molecule has 0 saturated carbocycles. The monoisotopic (exact) mass is 744 g/mol. The summed E-state index contributed by atoms with van der Waals surface area (Å²) in [7, 11) is 0. The van der Waals surface area contributed by atoms with E-state index in [0.29, 0.717) is 31.2 Å². The van der Waals surface area contributed by atoms with Crippen LogP contribution in [-0.2, 0) is 12.8 Å². The van der Waals surface area contributed by atoms with E-state index in [1.54, 1.807) is 0 Å². The minimum Gasteiger partial charge on any atom is -0.504 e. The number of halogens is 5. The van der Waals surface area contributed by atoms with E-state index in [1.807, 2.05) is 0 Å². The lowest BCUT2D eigenvalue weighted by molar-refractivity contribution is 0.399. The highest BCUT2D eigenvalue weighted by molar-refractivity contribution is 9.13. The average molecular weight is 749 g/mol. The highest BCUT2D eigenvalue weighted by atomic mass is 79.9. The van der Waals surface area contributed by atoms with E-state index in [0.717, 1.165) is 0 Å². The molecule has 0 radical (unpaired) electrons. The predicted octanol–water partition coefficient (Wildman–Crippen LogP) is 6.91. The van der Waals surface area contributed by atoms with Crippen molar-refractivity contribution >= 4 is 79.6 Å². The Morgan fingerprint density at radius 2 is 0.806 bits per heavy atom. The third-order valence-corrected chi connectivity index (χ3v) is 9.91. The maximum absolute atomic E-state index is 10.3. The summed E-state index contributed by atoms with van der Waals surface area (Å²) in [5.41, 5.74) is 2.41. The molecule has 0 aliphatic heterocycles. The van der Waals surface area contributed by atoms with Crippen LogP contribution in [0.4, 0.5) is 0 Å². The van der Waals surface area contributed by atoms with Gasteiger partial charge in [0, 0.05) is 15.4 Å². The lowest BCUT2D eigenvalue weighted by Gasteiger charge is -2.18. The van der Waals surface area contributed by atoms with Gasteiger partial charge < -0.3 is 30.6 Å². The molecule has 0 aromatic heterocycles. The number of aromatic hydroxyl groups is 6. The van der Waals surface area contributed by atoms with Gasteiger partial charge in [-0.25, -0.2) is 0 Å². The van der Waals surface area contributed by atoms with Gasteiger partial charge in [0.25, 0.3) is 0 Å². The predicted molar refractivity (Wildman–Crippen MR) is 133 cm³/mol. The van der Waals surface area contributed by atoms with Crippen LogP contribution >= 0.6 is 79.6 Å². The lowest BCUT2D eigenvalue weighted by Crippen LogP contribution is -2.01. The molecule has 0 atom stereocenters. The van der Waals surface area contributed by atoms with Gasteiger partial charge in [0.1, 0.15) is 0 Å². The van der Waals surface area contributed by atoms with Crippen molar-refractivity contribution in [3.8, 4) is 34.5 Å². The molecule has 0 saturated heterocycles. The smallest absolute Gasteiger partial charge is 0.173 e. The molecule has 3 rings (SSSR count). The van der Waals surface area contributed by atoms with Gasteiger partial charge in [-0.3, -0.25) is 0 Å². The summed E-state index contributed by atoms with van der Waals surface area (Å²) in [6.45, 7) is 0. The SMILES string of the molecule is Oc1cc(Cc2cc(O)c(O)c(Br)c2Cc2cc(O)c(O)c(Br)c2Br)c(Br)c(Br)c1O. The molecule has 0 fully saturated rings. The fourth-order valence-corrected chi connectivity index (χ4v) is 5.43. The number of phenolic OH excluding ortho intramolecular Hbond substituents is 6. The molecule has 6 nitrogen and oxygen atoms in total. The van der Waals surface area contributed by atoms with Crippen LogP contribution in [0.3, 0.4) is 0 Å². The normalized spacial score (nSPS) is 11.1. The summed E-state index contributed by atoms with van der Waals surface area (Å²) >= 11 is 16.6. The average Bonchev–Trinajstić information content (AvgIpc) is 2.73. The maximum Gasteiger partial charge on any atom is 0.173 e. The highest BCUT2D eigenvalue weighted by Crippen LogP contribution is 2.46. The van der Waals surface area contributed by atoms with Gasteiger partial charge in [-0.05, 0) is 127 Å². The second kappa shape index (κ2) is 9.38. The zero-order chi connectivity index (χ0) is 23.2. The van der Waals surface area contributed by atoms with Crippen molar-refractivity contribution in [2.75, 3.05) is 0 Å². The zero-order valence-corrected chi connectivity index (χ0v) is 23.1. The molecule has 164 valence electrons. The Hall–Kier alpha value is -1.14. The Kier molecular flexibility index (Phi) is 7.42. The second-order valence-corrected chi connectivity index (χ2v) is 10.6. The molecule has 11 heteroatoms. The van der Waals surface area contributed by atoms with E-state index < -0.39 is 0 Å². The molecule has 31 heavy (non-hydrogen) atoms. The Labute approximate surface area is 218 Å². The van der Waals surface area contributed by atoms with E-state index in [-0.39, 0.29) is 60.8 Å². The second-order valence-electron chi connectivity index (χ2n) is 6.61. The molecule has 0 spiro atoms. The van der Waals surface area contributed by atoms with Crippen molar-refractivity contribution in [2.45, 2.75) is 12.8 Å². The minimum atomic E-state index is -0.342. The van der Waals surface area contributed by atoms with Crippen molar-refractivity contribution in [3.05, 3.63) is 62.8 Å². The third-order valence-electron chi connectivity index (χ3n) is 4.63. The fourth-order valence-electron chi connectivity index (χ4n) is 3.03. The van der Waals surface area contributed by atoms with E-state index in [9.17, 15) is 30.6 Å². The Morgan fingerprint density at radius 1 is 0.452 bits per heavy atom. The molecule has 0 aliphatic carbocycles. The van der Waals surface area contributed by atoms with Crippen molar-refractivity contribution in [1.82, 2.24) is 0 Å². The van der Waals surface area contributed by atoms with Crippen molar-refractivity contribution < 1.29 is 30.6 Å². The van der Waals surface area contributed by atoms with Crippen molar-refractivity contribution in [1.29, 1.82) is 0 Å². The Balaban J connectivity index is 2.17. The van der Waals surface area contributed by atoms with Crippen LogP contribution in [0.25, 0.3) is 0 Å². The van der Waals surface area contributed by atoms with Gasteiger partial charge in [0.15, 0.2) is 34.5 Å². The number of rotatable bonds is 4. The summed E-state index contributed by atoms with van der Waals surface area (Å²) in [6.07, 6.45) is 0.428. The molecule has 3 aromatic rings. The van der Waals surface area contributed by atoms with Crippen LogP contribution < -0.4 is 0 Å².